The van der Waals surface area contributed by atoms with Crippen LogP contribution in [0.2, 0.25) is 0 Å². The predicted molar refractivity (Wildman–Crippen MR) is 115 cm³/mol. The van der Waals surface area contributed by atoms with Gasteiger partial charge in [0, 0.05) is 43.0 Å². The maximum absolute atomic E-state index is 4.72. The summed E-state index contributed by atoms with van der Waals surface area (Å²) in [5.41, 5.74) is 2.21. The minimum absolute atomic E-state index is 0. The lowest BCUT2D eigenvalue weighted by molar-refractivity contribution is 0.470. The van der Waals surface area contributed by atoms with E-state index in [1.807, 2.05) is 13.8 Å². The fourth-order valence-electron chi connectivity index (χ4n) is 2.20. The molecule has 1 N–H and O–H groups in total. The molecule has 0 aliphatic carbocycles. The van der Waals surface area contributed by atoms with Crippen LogP contribution in [0.15, 0.2) is 15.8 Å². The first-order valence-corrected chi connectivity index (χ1v) is 9.66. The second-order valence-electron chi connectivity index (χ2n) is 5.44. The van der Waals surface area contributed by atoms with E-state index < -0.39 is 0 Å². The molecule has 8 heteroatoms. The van der Waals surface area contributed by atoms with E-state index in [4.69, 9.17) is 4.99 Å². The maximum atomic E-state index is 4.72. The minimum atomic E-state index is 0. The maximum Gasteiger partial charge on any atom is 0.194 e. The van der Waals surface area contributed by atoms with Crippen LogP contribution in [0.5, 0.6) is 0 Å². The van der Waals surface area contributed by atoms with Gasteiger partial charge in [0.15, 0.2) is 5.96 Å². The van der Waals surface area contributed by atoms with Crippen LogP contribution >= 0.6 is 46.7 Å². The third kappa shape index (κ3) is 7.02. The van der Waals surface area contributed by atoms with Crippen molar-refractivity contribution in [3.63, 3.8) is 0 Å². The molecule has 0 atom stereocenters. The molecule has 0 amide bonds. The van der Waals surface area contributed by atoms with Gasteiger partial charge >= 0.3 is 0 Å². The van der Waals surface area contributed by atoms with Crippen LogP contribution in [0.25, 0.3) is 0 Å². The lowest BCUT2D eigenvalue weighted by Crippen LogP contribution is -2.38. The van der Waals surface area contributed by atoms with Crippen LogP contribution in [0.3, 0.4) is 0 Å². The number of guanidine groups is 1. The number of aliphatic imine (C=N–C) groups is 1. The fourth-order valence-corrected chi connectivity index (χ4v) is 3.62. The molecule has 2 aromatic heterocycles. The summed E-state index contributed by atoms with van der Waals surface area (Å²) in [6.07, 6.45) is 2.02. The largest absolute Gasteiger partial charge is 0.357 e. The SMILES string of the molecule is CCNC(=NCCCc1nc(C)cs1)N(C)Cc1csc(C)n1.I. The zero-order valence-corrected chi connectivity index (χ0v) is 18.7. The molecule has 0 aliphatic rings. The quantitative estimate of drug-likeness (QED) is 0.284. The van der Waals surface area contributed by atoms with Gasteiger partial charge in [-0.15, -0.1) is 46.7 Å². The molecule has 0 fully saturated rings. The standard InChI is InChI=1S/C16H25N5S2.HI/c1-5-17-16(21(4)9-14-11-22-13(3)20-14)18-8-6-7-15-19-12(2)10-23-15;/h10-11H,5-9H2,1-4H3,(H,17,18);1H. The van der Waals surface area contributed by atoms with Gasteiger partial charge in [0.1, 0.15) is 0 Å². The van der Waals surface area contributed by atoms with Crippen LogP contribution in [0, 0.1) is 13.8 Å². The first-order chi connectivity index (χ1) is 11.1. The Hall–Kier alpha value is -0.740. The van der Waals surface area contributed by atoms with Gasteiger partial charge in [0.05, 0.1) is 22.3 Å². The molecule has 2 heterocycles. The van der Waals surface area contributed by atoms with E-state index in [2.05, 4.69) is 44.9 Å². The Morgan fingerprint density at radius 3 is 2.62 bits per heavy atom. The molecule has 2 rings (SSSR count). The lowest BCUT2D eigenvalue weighted by Gasteiger charge is -2.21. The first-order valence-electron chi connectivity index (χ1n) is 7.90. The molecule has 0 saturated carbocycles. The van der Waals surface area contributed by atoms with Crippen LogP contribution in [-0.4, -0.2) is 41.0 Å². The molecular formula is C16H26IN5S2. The molecule has 0 spiro atoms. The molecule has 134 valence electrons. The fraction of sp³-hybridized carbons (Fsp3) is 0.562. The molecule has 0 bridgehead atoms. The number of halogens is 1. The summed E-state index contributed by atoms with van der Waals surface area (Å²) in [6, 6.07) is 0. The van der Waals surface area contributed by atoms with E-state index >= 15 is 0 Å². The summed E-state index contributed by atoms with van der Waals surface area (Å²) in [5, 5.41) is 9.87. The molecule has 0 radical (unpaired) electrons. The normalized spacial score (nSPS) is 11.2. The van der Waals surface area contributed by atoms with Gasteiger partial charge in [-0.2, -0.15) is 0 Å². The number of hydrogen-bond donors (Lipinski definition) is 1. The monoisotopic (exact) mass is 479 g/mol. The number of nitrogens with zero attached hydrogens (tertiary/aromatic N) is 4. The smallest absolute Gasteiger partial charge is 0.194 e. The Balaban J connectivity index is 0.00000288. The first kappa shape index (κ1) is 21.3. The highest BCUT2D eigenvalue weighted by atomic mass is 127. The van der Waals surface area contributed by atoms with E-state index in [0.717, 1.165) is 54.8 Å². The number of aromatic nitrogens is 2. The minimum Gasteiger partial charge on any atom is -0.357 e. The Labute approximate surface area is 169 Å². The van der Waals surface area contributed by atoms with Gasteiger partial charge in [0.2, 0.25) is 0 Å². The number of aryl methyl sites for hydroxylation is 3. The van der Waals surface area contributed by atoms with Crippen molar-refractivity contribution in [1.82, 2.24) is 20.2 Å². The van der Waals surface area contributed by atoms with Crippen LogP contribution in [0.4, 0.5) is 0 Å². The van der Waals surface area contributed by atoms with Crippen LogP contribution in [0.1, 0.15) is 34.7 Å². The Morgan fingerprint density at radius 2 is 2.04 bits per heavy atom. The predicted octanol–water partition coefficient (Wildman–Crippen LogP) is 3.86. The molecule has 2 aromatic rings. The van der Waals surface area contributed by atoms with E-state index in [1.165, 1.54) is 5.01 Å². The van der Waals surface area contributed by atoms with Gasteiger partial charge in [-0.3, -0.25) is 4.99 Å². The highest BCUT2D eigenvalue weighted by molar-refractivity contribution is 14.0. The number of rotatable bonds is 7. The summed E-state index contributed by atoms with van der Waals surface area (Å²) in [7, 11) is 2.06. The second-order valence-corrected chi connectivity index (χ2v) is 7.44. The van der Waals surface area contributed by atoms with E-state index in [-0.39, 0.29) is 24.0 Å². The Bertz CT molecular complexity index is 638. The van der Waals surface area contributed by atoms with Crippen molar-refractivity contribution in [2.45, 2.75) is 40.2 Å². The summed E-state index contributed by atoms with van der Waals surface area (Å²) in [6.45, 7) is 8.62. The molecule has 0 saturated heterocycles. The summed E-state index contributed by atoms with van der Waals surface area (Å²) >= 11 is 3.42. The highest BCUT2D eigenvalue weighted by Crippen LogP contribution is 2.11. The third-order valence-electron chi connectivity index (χ3n) is 3.24. The third-order valence-corrected chi connectivity index (χ3v) is 5.09. The average Bonchev–Trinajstić information content (AvgIpc) is 3.11. The van der Waals surface area contributed by atoms with Gasteiger partial charge in [-0.05, 0) is 27.2 Å². The van der Waals surface area contributed by atoms with Gasteiger partial charge in [-0.25, -0.2) is 9.97 Å². The van der Waals surface area contributed by atoms with Crippen molar-refractivity contribution in [2.24, 2.45) is 4.99 Å². The summed E-state index contributed by atoms with van der Waals surface area (Å²) in [5.74, 6) is 0.938. The highest BCUT2D eigenvalue weighted by Gasteiger charge is 2.08. The lowest BCUT2D eigenvalue weighted by atomic mass is 10.3. The summed E-state index contributed by atoms with van der Waals surface area (Å²) < 4.78 is 0. The second kappa shape index (κ2) is 11.0. The van der Waals surface area contributed by atoms with Gasteiger partial charge < -0.3 is 10.2 Å². The Kier molecular flexibility index (Phi) is 9.75. The van der Waals surface area contributed by atoms with Crippen molar-refractivity contribution in [2.75, 3.05) is 20.1 Å². The van der Waals surface area contributed by atoms with Gasteiger partial charge in [0.25, 0.3) is 0 Å². The molecule has 0 unspecified atom stereocenters. The average molecular weight is 479 g/mol. The Morgan fingerprint density at radius 1 is 1.25 bits per heavy atom. The van der Waals surface area contributed by atoms with E-state index in [1.54, 1.807) is 22.7 Å². The molecular weight excluding hydrogens is 453 g/mol. The van der Waals surface area contributed by atoms with Crippen molar-refractivity contribution in [1.29, 1.82) is 0 Å². The van der Waals surface area contributed by atoms with Crippen LogP contribution in [-0.2, 0) is 13.0 Å². The summed E-state index contributed by atoms with van der Waals surface area (Å²) in [4.78, 5) is 15.9. The number of hydrogen-bond acceptors (Lipinski definition) is 5. The zero-order chi connectivity index (χ0) is 16.7. The molecule has 5 nitrogen and oxygen atoms in total. The number of nitrogens with one attached hydrogen (secondary N) is 1. The topological polar surface area (TPSA) is 53.4 Å². The van der Waals surface area contributed by atoms with Crippen molar-refractivity contribution in [3.05, 3.63) is 32.2 Å². The van der Waals surface area contributed by atoms with Gasteiger partial charge in [-0.1, -0.05) is 0 Å². The van der Waals surface area contributed by atoms with Crippen molar-refractivity contribution in [3.8, 4) is 0 Å². The van der Waals surface area contributed by atoms with Crippen LogP contribution < -0.4 is 5.32 Å². The van der Waals surface area contributed by atoms with E-state index in [0.29, 0.717) is 0 Å². The van der Waals surface area contributed by atoms with Crippen molar-refractivity contribution >= 4 is 52.6 Å². The molecule has 0 aliphatic heterocycles. The molecule has 0 aromatic carbocycles. The zero-order valence-electron chi connectivity index (χ0n) is 14.7. The number of thiazole rings is 2. The van der Waals surface area contributed by atoms with E-state index in [9.17, 15) is 0 Å². The van der Waals surface area contributed by atoms with Crippen molar-refractivity contribution < 1.29 is 0 Å². The molecule has 24 heavy (non-hydrogen) atoms.